The summed E-state index contributed by atoms with van der Waals surface area (Å²) < 4.78 is 0. The minimum atomic E-state index is 0.508. The quantitative estimate of drug-likeness (QED) is 0.533. The summed E-state index contributed by atoms with van der Waals surface area (Å²) in [5.41, 5.74) is 0.508. The molecule has 0 nitrogen and oxygen atoms in total. The molecule has 0 spiro atoms. The van der Waals surface area contributed by atoms with Crippen LogP contribution in [0, 0.1) is 17.8 Å². The molecule has 0 aromatic heterocycles. The van der Waals surface area contributed by atoms with Gasteiger partial charge >= 0.3 is 0 Å². The Morgan fingerprint density at radius 1 is 1.08 bits per heavy atom. The van der Waals surface area contributed by atoms with Crippen LogP contribution in [-0.4, -0.2) is 0 Å². The van der Waals surface area contributed by atoms with Gasteiger partial charge in [-0.15, -0.1) is 0 Å². The maximum atomic E-state index is 2.45. The third-order valence-electron chi connectivity index (χ3n) is 2.05. The summed E-state index contributed by atoms with van der Waals surface area (Å²) in [6, 6.07) is 0. The van der Waals surface area contributed by atoms with Crippen LogP contribution >= 0.6 is 0 Å². The molecule has 1 radical (unpaired) electrons. The maximum Gasteiger partial charge on any atom is -0.0383 e. The van der Waals surface area contributed by atoms with Crippen LogP contribution in [0.2, 0.25) is 0 Å². The zero-order chi connectivity index (χ0) is 9.61. The number of hydrogen-bond acceptors (Lipinski definition) is 0. The van der Waals surface area contributed by atoms with Gasteiger partial charge in [0.1, 0.15) is 0 Å². The summed E-state index contributed by atoms with van der Waals surface area (Å²) >= 11 is 0. The van der Waals surface area contributed by atoms with Gasteiger partial charge in [-0.2, -0.15) is 0 Å². The lowest BCUT2D eigenvalue weighted by atomic mass is 9.89. The second kappa shape index (κ2) is 5.61. The summed E-state index contributed by atoms with van der Waals surface area (Å²) in [5.74, 6) is 0.857. The summed E-state index contributed by atoms with van der Waals surface area (Å²) in [4.78, 5) is 0. The van der Waals surface area contributed by atoms with Gasteiger partial charge in [-0.3, -0.25) is 0 Å². The molecule has 0 heterocycles. The molecular weight excluding hydrogens is 144 g/mol. The van der Waals surface area contributed by atoms with Gasteiger partial charge in [0, 0.05) is 0 Å². The molecule has 0 aliphatic heterocycles. The highest BCUT2D eigenvalue weighted by molar-refractivity contribution is 4.70. The van der Waals surface area contributed by atoms with Crippen molar-refractivity contribution in [2.24, 2.45) is 11.3 Å². The average molecular weight is 169 g/mol. The van der Waals surface area contributed by atoms with Gasteiger partial charge in [-0.1, -0.05) is 41.0 Å². The Balaban J connectivity index is 3.12. The van der Waals surface area contributed by atoms with Crippen LogP contribution in [0.3, 0.4) is 0 Å². The zero-order valence-electron chi connectivity index (χ0n) is 9.48. The molecule has 73 valence electrons. The van der Waals surface area contributed by atoms with E-state index in [1.165, 1.54) is 25.7 Å². The average Bonchev–Trinajstić information content (AvgIpc) is 1.83. The van der Waals surface area contributed by atoms with Gasteiger partial charge in [0.15, 0.2) is 0 Å². The van der Waals surface area contributed by atoms with Gasteiger partial charge in [0.25, 0.3) is 0 Å². The number of rotatable bonds is 5. The van der Waals surface area contributed by atoms with Crippen molar-refractivity contribution in [2.45, 2.75) is 60.3 Å². The van der Waals surface area contributed by atoms with Crippen LogP contribution in [0.4, 0.5) is 0 Å². The fourth-order valence-electron chi connectivity index (χ4n) is 1.13. The summed E-state index contributed by atoms with van der Waals surface area (Å²) in [7, 11) is 0. The van der Waals surface area contributed by atoms with E-state index in [2.05, 4.69) is 41.0 Å². The van der Waals surface area contributed by atoms with Crippen LogP contribution < -0.4 is 0 Å². The smallest absolute Gasteiger partial charge is 0.0383 e. The zero-order valence-corrected chi connectivity index (χ0v) is 9.48. The molecule has 0 bridgehead atoms. The Labute approximate surface area is 78.8 Å². The van der Waals surface area contributed by atoms with E-state index in [1.54, 1.807) is 0 Å². The van der Waals surface area contributed by atoms with Gasteiger partial charge in [-0.25, -0.2) is 0 Å². The molecule has 0 aliphatic rings. The Bertz CT molecular complexity index is 95.1. The van der Waals surface area contributed by atoms with Crippen molar-refractivity contribution in [1.29, 1.82) is 0 Å². The first kappa shape index (κ1) is 12.0. The molecule has 0 rings (SSSR count). The normalized spacial score (nSPS) is 12.5. The van der Waals surface area contributed by atoms with E-state index in [-0.39, 0.29) is 0 Å². The maximum absolute atomic E-state index is 2.45. The standard InChI is InChI=1S/C12H25/c1-11(2)9-7-6-8-10-12(3,4)5/h6,11H,7-10H2,1-5H3. The predicted molar refractivity (Wildman–Crippen MR) is 57.1 cm³/mol. The van der Waals surface area contributed by atoms with Crippen LogP contribution in [0.5, 0.6) is 0 Å². The van der Waals surface area contributed by atoms with Gasteiger partial charge in [-0.05, 0) is 37.0 Å². The fraction of sp³-hybridized carbons (Fsp3) is 0.917. The second-order valence-corrected chi connectivity index (χ2v) is 5.36. The predicted octanol–water partition coefficient (Wildman–Crippen LogP) is 4.45. The first-order chi connectivity index (χ1) is 5.42. The molecule has 0 N–H and O–H groups in total. The molecule has 0 fully saturated rings. The van der Waals surface area contributed by atoms with E-state index in [4.69, 9.17) is 0 Å². The molecule has 0 saturated heterocycles. The van der Waals surface area contributed by atoms with Crippen molar-refractivity contribution < 1.29 is 0 Å². The number of hydrogen-bond donors (Lipinski definition) is 0. The first-order valence-corrected chi connectivity index (χ1v) is 5.23. The van der Waals surface area contributed by atoms with Crippen molar-refractivity contribution in [3.63, 3.8) is 0 Å². The van der Waals surface area contributed by atoms with Crippen LogP contribution in [-0.2, 0) is 0 Å². The molecule has 12 heavy (non-hydrogen) atoms. The Morgan fingerprint density at radius 2 is 1.67 bits per heavy atom. The van der Waals surface area contributed by atoms with E-state index in [0.717, 1.165) is 5.92 Å². The van der Waals surface area contributed by atoms with Gasteiger partial charge in [0.05, 0.1) is 0 Å². The topological polar surface area (TPSA) is 0 Å². The largest absolute Gasteiger partial charge is 0.0628 e. The summed E-state index contributed by atoms with van der Waals surface area (Å²) in [6.07, 6.45) is 7.71. The lowest BCUT2D eigenvalue weighted by molar-refractivity contribution is 0.373. The van der Waals surface area contributed by atoms with Gasteiger partial charge in [0.2, 0.25) is 0 Å². The van der Waals surface area contributed by atoms with E-state index >= 15 is 0 Å². The first-order valence-electron chi connectivity index (χ1n) is 5.23. The van der Waals surface area contributed by atoms with Gasteiger partial charge < -0.3 is 0 Å². The minimum absolute atomic E-state index is 0.508. The third kappa shape index (κ3) is 10.0. The Hall–Kier alpha value is 0. The molecule has 0 heteroatoms. The van der Waals surface area contributed by atoms with Crippen molar-refractivity contribution in [3.8, 4) is 0 Å². The van der Waals surface area contributed by atoms with Crippen LogP contribution in [0.25, 0.3) is 0 Å². The van der Waals surface area contributed by atoms with Crippen LogP contribution in [0.15, 0.2) is 0 Å². The van der Waals surface area contributed by atoms with Crippen molar-refractivity contribution >= 4 is 0 Å². The Kier molecular flexibility index (Phi) is 5.61. The summed E-state index contributed by atoms with van der Waals surface area (Å²) in [6.45, 7) is 11.5. The lowest BCUT2D eigenvalue weighted by Crippen LogP contribution is -2.04. The highest BCUT2D eigenvalue weighted by atomic mass is 14.1. The second-order valence-electron chi connectivity index (χ2n) is 5.36. The van der Waals surface area contributed by atoms with Crippen LogP contribution in [0.1, 0.15) is 60.3 Å². The third-order valence-corrected chi connectivity index (χ3v) is 2.05. The number of unbranched alkanes of at least 4 members (excludes halogenated alkanes) is 2. The summed E-state index contributed by atoms with van der Waals surface area (Å²) in [5, 5.41) is 0. The van der Waals surface area contributed by atoms with E-state index in [9.17, 15) is 0 Å². The molecule has 0 saturated carbocycles. The van der Waals surface area contributed by atoms with E-state index in [0.29, 0.717) is 5.41 Å². The highest BCUT2D eigenvalue weighted by Crippen LogP contribution is 2.22. The molecule has 0 aromatic rings. The minimum Gasteiger partial charge on any atom is -0.0628 e. The monoisotopic (exact) mass is 169 g/mol. The lowest BCUT2D eigenvalue weighted by Gasteiger charge is -2.17. The molecule has 0 unspecified atom stereocenters. The SMILES string of the molecule is CC(C)CC[CH]CCC(C)(C)C. The van der Waals surface area contributed by atoms with Crippen molar-refractivity contribution in [3.05, 3.63) is 6.42 Å². The molecule has 0 aliphatic carbocycles. The highest BCUT2D eigenvalue weighted by Gasteiger charge is 2.08. The molecule has 0 amide bonds. The van der Waals surface area contributed by atoms with E-state index < -0.39 is 0 Å². The fourth-order valence-corrected chi connectivity index (χ4v) is 1.13. The van der Waals surface area contributed by atoms with Crippen molar-refractivity contribution in [2.75, 3.05) is 0 Å². The Morgan fingerprint density at radius 3 is 2.08 bits per heavy atom. The molecular formula is C12H25. The molecule has 0 aromatic carbocycles. The van der Waals surface area contributed by atoms with Crippen molar-refractivity contribution in [1.82, 2.24) is 0 Å². The van der Waals surface area contributed by atoms with E-state index in [1.807, 2.05) is 0 Å². The molecule has 0 atom stereocenters.